The van der Waals surface area contributed by atoms with E-state index in [2.05, 4.69) is 10.0 Å². The number of hydrogen-bond donors (Lipinski definition) is 2. The fraction of sp³-hybridized carbons (Fsp3) is 0.278. The van der Waals surface area contributed by atoms with Crippen molar-refractivity contribution >= 4 is 21.6 Å². The van der Waals surface area contributed by atoms with Crippen LogP contribution in [-0.2, 0) is 10.0 Å². The Bertz CT molecular complexity index is 830. The summed E-state index contributed by atoms with van der Waals surface area (Å²) in [7, 11) is -3.53. The van der Waals surface area contributed by atoms with E-state index in [4.69, 9.17) is 4.74 Å². The minimum Gasteiger partial charge on any atom is -0.489 e. The van der Waals surface area contributed by atoms with Crippen LogP contribution in [0, 0.1) is 0 Å². The van der Waals surface area contributed by atoms with Gasteiger partial charge in [-0.1, -0.05) is 19.1 Å². The van der Waals surface area contributed by atoms with Crippen molar-refractivity contribution < 1.29 is 17.9 Å². The van der Waals surface area contributed by atoms with Crippen molar-refractivity contribution in [3.05, 3.63) is 54.1 Å². The van der Waals surface area contributed by atoms with Gasteiger partial charge in [0.2, 0.25) is 10.0 Å². The van der Waals surface area contributed by atoms with E-state index in [0.717, 1.165) is 0 Å². The first kappa shape index (κ1) is 19.0. The molecule has 2 aromatic rings. The Hall–Kier alpha value is -2.38. The summed E-state index contributed by atoms with van der Waals surface area (Å²) in [5.74, 6) is 0.240. The first-order valence-electron chi connectivity index (χ1n) is 8.00. The highest BCUT2D eigenvalue weighted by Crippen LogP contribution is 2.25. The first-order valence-corrected chi connectivity index (χ1v) is 9.48. The van der Waals surface area contributed by atoms with Crippen molar-refractivity contribution in [3.63, 3.8) is 0 Å². The largest absolute Gasteiger partial charge is 0.489 e. The van der Waals surface area contributed by atoms with Crippen LogP contribution in [-0.4, -0.2) is 27.0 Å². The van der Waals surface area contributed by atoms with E-state index >= 15 is 0 Å². The third kappa shape index (κ3) is 5.04. The van der Waals surface area contributed by atoms with Crippen LogP contribution in [0.5, 0.6) is 5.75 Å². The molecule has 0 aliphatic rings. The minimum absolute atomic E-state index is 0.0198. The van der Waals surface area contributed by atoms with Gasteiger partial charge in [0.15, 0.2) is 0 Å². The van der Waals surface area contributed by atoms with E-state index in [1.165, 1.54) is 24.3 Å². The van der Waals surface area contributed by atoms with Crippen LogP contribution >= 0.6 is 0 Å². The second-order valence-corrected chi connectivity index (χ2v) is 7.41. The second-order valence-electron chi connectivity index (χ2n) is 5.64. The minimum atomic E-state index is -3.53. The van der Waals surface area contributed by atoms with Crippen LogP contribution in [0.4, 0.5) is 5.69 Å². The normalized spacial score (nSPS) is 11.4. The summed E-state index contributed by atoms with van der Waals surface area (Å²) in [6.07, 6.45) is -0.0198. The summed E-state index contributed by atoms with van der Waals surface area (Å²) in [6.45, 7) is 5.82. The van der Waals surface area contributed by atoms with Gasteiger partial charge in [-0.15, -0.1) is 0 Å². The molecule has 25 heavy (non-hydrogen) atoms. The summed E-state index contributed by atoms with van der Waals surface area (Å²) in [6, 6.07) is 12.9. The van der Waals surface area contributed by atoms with Gasteiger partial charge in [-0.25, -0.2) is 13.1 Å². The smallest absolute Gasteiger partial charge is 0.255 e. The molecule has 6 nitrogen and oxygen atoms in total. The zero-order valence-electron chi connectivity index (χ0n) is 14.4. The molecule has 0 aliphatic heterocycles. The number of sulfonamides is 1. The van der Waals surface area contributed by atoms with Gasteiger partial charge in [0.05, 0.1) is 16.7 Å². The van der Waals surface area contributed by atoms with E-state index in [9.17, 15) is 13.2 Å². The van der Waals surface area contributed by atoms with Gasteiger partial charge in [-0.3, -0.25) is 4.79 Å². The number of carbonyl (C=O) groups excluding carboxylic acids is 1. The predicted molar refractivity (Wildman–Crippen MR) is 97.5 cm³/mol. The van der Waals surface area contributed by atoms with E-state index in [1.54, 1.807) is 25.1 Å². The molecule has 0 radical (unpaired) electrons. The van der Waals surface area contributed by atoms with Crippen molar-refractivity contribution in [1.82, 2.24) is 4.72 Å². The molecule has 2 aromatic carbocycles. The molecular weight excluding hydrogens is 340 g/mol. The van der Waals surface area contributed by atoms with Crippen LogP contribution in [0.25, 0.3) is 0 Å². The summed E-state index contributed by atoms with van der Waals surface area (Å²) < 4.78 is 31.9. The Morgan fingerprint density at radius 3 is 2.32 bits per heavy atom. The van der Waals surface area contributed by atoms with Gasteiger partial charge >= 0.3 is 0 Å². The molecule has 0 spiro atoms. The predicted octanol–water partition coefficient (Wildman–Crippen LogP) is 3.02. The van der Waals surface area contributed by atoms with Gasteiger partial charge in [-0.05, 0) is 50.2 Å². The molecule has 2 N–H and O–H groups in total. The van der Waals surface area contributed by atoms with Crippen LogP contribution in [0.15, 0.2) is 53.4 Å². The fourth-order valence-electron chi connectivity index (χ4n) is 2.18. The number of hydrogen-bond acceptors (Lipinski definition) is 4. The quantitative estimate of drug-likeness (QED) is 0.793. The maximum Gasteiger partial charge on any atom is 0.255 e. The third-order valence-corrected chi connectivity index (χ3v) is 4.82. The SMILES string of the molecule is CCNS(=O)(=O)c1ccc(C(=O)Nc2ccccc2OC(C)C)cc1. The molecule has 0 aliphatic carbocycles. The van der Waals surface area contributed by atoms with Gasteiger partial charge in [0.1, 0.15) is 5.75 Å². The Balaban J connectivity index is 2.17. The molecular formula is C18H22N2O4S. The number of nitrogens with one attached hydrogen (secondary N) is 2. The summed E-state index contributed by atoms with van der Waals surface area (Å²) in [4.78, 5) is 12.5. The zero-order chi connectivity index (χ0) is 18.4. The molecule has 0 bridgehead atoms. The summed E-state index contributed by atoms with van der Waals surface area (Å²) in [5, 5.41) is 2.79. The van der Waals surface area contributed by atoms with Crippen LogP contribution < -0.4 is 14.8 Å². The molecule has 2 rings (SSSR count). The standard InChI is InChI=1S/C18H22N2O4S/c1-4-19-25(22,23)15-11-9-14(10-12-15)18(21)20-16-7-5-6-8-17(16)24-13(2)3/h5-13,19H,4H2,1-3H3,(H,20,21). The highest BCUT2D eigenvalue weighted by Gasteiger charge is 2.15. The van der Waals surface area contributed by atoms with Gasteiger partial charge < -0.3 is 10.1 Å². The Labute approximate surface area is 148 Å². The Morgan fingerprint density at radius 2 is 1.72 bits per heavy atom. The number of amides is 1. The number of ether oxygens (including phenoxy) is 1. The van der Waals surface area contributed by atoms with Crippen LogP contribution in [0.3, 0.4) is 0 Å². The van der Waals surface area contributed by atoms with Crippen molar-refractivity contribution in [2.24, 2.45) is 0 Å². The zero-order valence-corrected chi connectivity index (χ0v) is 15.3. The lowest BCUT2D eigenvalue weighted by Gasteiger charge is -2.15. The molecule has 0 atom stereocenters. The molecule has 0 fully saturated rings. The van der Waals surface area contributed by atoms with E-state index < -0.39 is 10.0 Å². The first-order chi connectivity index (χ1) is 11.8. The lowest BCUT2D eigenvalue weighted by molar-refractivity contribution is 0.102. The molecule has 0 saturated heterocycles. The molecule has 0 aromatic heterocycles. The van der Waals surface area contributed by atoms with Crippen molar-refractivity contribution in [1.29, 1.82) is 0 Å². The topological polar surface area (TPSA) is 84.5 Å². The number of benzene rings is 2. The van der Waals surface area contributed by atoms with E-state index in [1.807, 2.05) is 19.9 Å². The monoisotopic (exact) mass is 362 g/mol. The number of rotatable bonds is 7. The molecule has 7 heteroatoms. The molecule has 134 valence electrons. The average Bonchev–Trinajstić information content (AvgIpc) is 2.56. The number of para-hydroxylation sites is 2. The Morgan fingerprint density at radius 1 is 1.08 bits per heavy atom. The summed E-state index contributed by atoms with van der Waals surface area (Å²) >= 11 is 0. The molecule has 1 amide bonds. The Kier molecular flexibility index (Phi) is 6.17. The van der Waals surface area contributed by atoms with E-state index in [0.29, 0.717) is 23.5 Å². The van der Waals surface area contributed by atoms with Gasteiger partial charge in [0.25, 0.3) is 5.91 Å². The third-order valence-electron chi connectivity index (χ3n) is 3.26. The van der Waals surface area contributed by atoms with Crippen LogP contribution in [0.2, 0.25) is 0 Å². The summed E-state index contributed by atoms with van der Waals surface area (Å²) in [5.41, 5.74) is 0.917. The lowest BCUT2D eigenvalue weighted by Crippen LogP contribution is -2.23. The molecule has 0 heterocycles. The fourth-order valence-corrected chi connectivity index (χ4v) is 3.22. The van der Waals surface area contributed by atoms with Crippen molar-refractivity contribution in [2.45, 2.75) is 31.8 Å². The lowest BCUT2D eigenvalue weighted by atomic mass is 10.2. The molecule has 0 unspecified atom stereocenters. The number of anilines is 1. The highest BCUT2D eigenvalue weighted by atomic mass is 32.2. The van der Waals surface area contributed by atoms with Gasteiger partial charge in [0, 0.05) is 12.1 Å². The van der Waals surface area contributed by atoms with E-state index in [-0.39, 0.29) is 16.9 Å². The molecule has 0 saturated carbocycles. The van der Waals surface area contributed by atoms with Gasteiger partial charge in [-0.2, -0.15) is 0 Å². The maximum absolute atomic E-state index is 12.4. The van der Waals surface area contributed by atoms with Crippen LogP contribution in [0.1, 0.15) is 31.1 Å². The maximum atomic E-state index is 12.4. The number of carbonyl (C=O) groups is 1. The highest BCUT2D eigenvalue weighted by molar-refractivity contribution is 7.89. The average molecular weight is 362 g/mol. The second kappa shape index (κ2) is 8.13. The van der Waals surface area contributed by atoms with Crippen molar-refractivity contribution in [3.8, 4) is 5.75 Å². The van der Waals surface area contributed by atoms with Crippen molar-refractivity contribution in [2.75, 3.05) is 11.9 Å².